The fraction of sp³-hybridized carbons (Fsp3) is 0.143. The number of anilines is 6. The Morgan fingerprint density at radius 2 is 0.648 bits per heavy atom. The molecule has 2 aliphatic rings. The zero-order valence-corrected chi connectivity index (χ0v) is 51.9. The molecule has 0 bridgehead atoms. The first-order chi connectivity index (χ1) is 42.5. The van der Waals surface area contributed by atoms with E-state index < -0.39 is 0 Å². The van der Waals surface area contributed by atoms with Crippen molar-refractivity contribution in [1.29, 1.82) is 0 Å². The van der Waals surface area contributed by atoms with Crippen LogP contribution in [0.4, 0.5) is 34.1 Å². The van der Waals surface area contributed by atoms with Crippen molar-refractivity contribution in [2.75, 3.05) is 9.80 Å². The maximum Gasteiger partial charge on any atom is 0.252 e. The second-order valence-corrected chi connectivity index (χ2v) is 27.4. The highest BCUT2D eigenvalue weighted by Crippen LogP contribution is 2.51. The van der Waals surface area contributed by atoms with Gasteiger partial charge in [-0.3, -0.25) is 0 Å². The Hall–Kier alpha value is -9.90. The van der Waals surface area contributed by atoms with Crippen molar-refractivity contribution < 1.29 is 0 Å². The lowest BCUT2D eigenvalue weighted by atomic mass is 9.33. The molecule has 2 aliphatic heterocycles. The van der Waals surface area contributed by atoms with E-state index in [-0.39, 0.29) is 23.0 Å². The van der Waals surface area contributed by atoms with Crippen LogP contribution in [0.3, 0.4) is 0 Å². The van der Waals surface area contributed by atoms with Crippen molar-refractivity contribution in [3.05, 3.63) is 290 Å². The van der Waals surface area contributed by atoms with Gasteiger partial charge in [-0.25, -0.2) is 0 Å². The van der Waals surface area contributed by atoms with Gasteiger partial charge in [0, 0.05) is 50.6 Å². The van der Waals surface area contributed by atoms with Gasteiger partial charge in [0.2, 0.25) is 0 Å². The molecule has 0 saturated carbocycles. The van der Waals surface area contributed by atoms with Gasteiger partial charge in [-0.1, -0.05) is 244 Å². The monoisotopic (exact) mass is 1130 g/mol. The van der Waals surface area contributed by atoms with Gasteiger partial charge in [0.05, 0.1) is 11.0 Å². The van der Waals surface area contributed by atoms with Crippen molar-refractivity contribution in [2.24, 2.45) is 0 Å². The molecule has 13 aromatic rings. The molecule has 0 radical (unpaired) electrons. The summed E-state index contributed by atoms with van der Waals surface area (Å²) in [6, 6.07) is 103. The number of rotatable bonds is 8. The van der Waals surface area contributed by atoms with Crippen LogP contribution in [0, 0.1) is 0 Å². The van der Waals surface area contributed by atoms with Gasteiger partial charge >= 0.3 is 0 Å². The van der Waals surface area contributed by atoms with Crippen LogP contribution in [0.15, 0.2) is 273 Å². The standard InChI is InChI=1S/C84H72BN3/c1-82(2,3)65-39-41-76-73(53-65)85-74-54-66(83(4,5)6)40-42-77(74)87(69-47-61(57-31-19-12-20-32-57)44-62(48-69)58-33-21-13-22-34-58)79-52-64(63-49-71-70-37-25-26-38-75(70)88(67-35-23-14-24-36-67)81(71)72(50-63)84(7,8)9)51-78(80(79)85)86(76)68-45-59(55-27-15-10-16-28-55)43-60(46-68)56-29-17-11-18-30-56/h10-54H,1-9H3. The number of fused-ring (bicyclic) bond motifs is 7. The Balaban J connectivity index is 1.11. The minimum absolute atomic E-state index is 0.115. The van der Waals surface area contributed by atoms with E-state index in [0.717, 1.165) is 22.6 Å². The topological polar surface area (TPSA) is 11.4 Å². The van der Waals surface area contributed by atoms with Crippen LogP contribution in [0.25, 0.3) is 83.1 Å². The second-order valence-electron chi connectivity index (χ2n) is 27.4. The molecule has 0 fully saturated rings. The van der Waals surface area contributed by atoms with Crippen LogP contribution in [0.5, 0.6) is 0 Å². The normalized spacial score (nSPS) is 13.0. The van der Waals surface area contributed by atoms with Gasteiger partial charge in [0.1, 0.15) is 0 Å². The molecule has 0 atom stereocenters. The van der Waals surface area contributed by atoms with Gasteiger partial charge < -0.3 is 14.4 Å². The lowest BCUT2D eigenvalue weighted by Gasteiger charge is -2.45. The van der Waals surface area contributed by atoms with Gasteiger partial charge in [-0.15, -0.1) is 0 Å². The largest absolute Gasteiger partial charge is 0.311 e. The Labute approximate surface area is 519 Å². The van der Waals surface area contributed by atoms with Gasteiger partial charge in [0.25, 0.3) is 6.71 Å². The maximum absolute atomic E-state index is 2.64. The van der Waals surface area contributed by atoms with Gasteiger partial charge in [-0.05, 0) is 196 Å². The molecule has 0 aliphatic carbocycles. The van der Waals surface area contributed by atoms with Crippen LogP contribution in [0.2, 0.25) is 0 Å². The van der Waals surface area contributed by atoms with Crippen LogP contribution in [-0.4, -0.2) is 11.3 Å². The summed E-state index contributed by atoms with van der Waals surface area (Å²) >= 11 is 0. The van der Waals surface area contributed by atoms with Crippen molar-refractivity contribution in [3.63, 3.8) is 0 Å². The Morgan fingerprint density at radius 3 is 1.06 bits per heavy atom. The number of benzene rings is 12. The third-order valence-corrected chi connectivity index (χ3v) is 18.5. The van der Waals surface area contributed by atoms with Crippen molar-refractivity contribution in [1.82, 2.24) is 4.57 Å². The molecule has 1 aromatic heterocycles. The predicted octanol–water partition coefficient (Wildman–Crippen LogP) is 21.1. The van der Waals surface area contributed by atoms with E-state index >= 15 is 0 Å². The van der Waals surface area contributed by atoms with E-state index in [2.05, 4.69) is 350 Å². The third kappa shape index (κ3) is 9.45. The van der Waals surface area contributed by atoms with E-state index in [4.69, 9.17) is 0 Å². The minimum Gasteiger partial charge on any atom is -0.311 e. The number of hydrogen-bond acceptors (Lipinski definition) is 2. The highest BCUT2D eigenvalue weighted by atomic mass is 15.2. The molecule has 4 heteroatoms. The summed E-state index contributed by atoms with van der Waals surface area (Å²) < 4.78 is 2.50. The van der Waals surface area contributed by atoms with Crippen LogP contribution >= 0.6 is 0 Å². The van der Waals surface area contributed by atoms with E-state index in [1.807, 2.05) is 0 Å². The van der Waals surface area contributed by atoms with Crippen LogP contribution in [0.1, 0.15) is 79.0 Å². The molecule has 0 spiro atoms. The fourth-order valence-electron chi connectivity index (χ4n) is 14.0. The smallest absolute Gasteiger partial charge is 0.252 e. The molecule has 88 heavy (non-hydrogen) atoms. The summed E-state index contributed by atoms with van der Waals surface area (Å²) in [6.45, 7) is 21.2. The van der Waals surface area contributed by atoms with Crippen LogP contribution in [-0.2, 0) is 16.2 Å². The van der Waals surface area contributed by atoms with Crippen molar-refractivity contribution >= 4 is 79.0 Å². The van der Waals surface area contributed by atoms with Crippen LogP contribution < -0.4 is 26.2 Å². The maximum atomic E-state index is 2.64. The molecular formula is C84H72BN3. The molecule has 0 saturated heterocycles. The first kappa shape index (κ1) is 54.7. The average Bonchev–Trinajstić information content (AvgIpc) is 1.07. The molecule has 0 amide bonds. The number of para-hydroxylation sites is 2. The van der Waals surface area contributed by atoms with E-state index in [1.54, 1.807) is 0 Å². The third-order valence-electron chi connectivity index (χ3n) is 18.5. The summed E-state index contributed by atoms with van der Waals surface area (Å²) in [6.07, 6.45) is 0. The zero-order chi connectivity index (χ0) is 60.2. The Morgan fingerprint density at radius 1 is 0.273 bits per heavy atom. The predicted molar refractivity (Wildman–Crippen MR) is 378 cm³/mol. The first-order valence-corrected chi connectivity index (χ1v) is 31.3. The zero-order valence-electron chi connectivity index (χ0n) is 51.9. The summed E-state index contributed by atoms with van der Waals surface area (Å²) in [7, 11) is 0. The average molecular weight is 1130 g/mol. The number of hydrogen-bond donors (Lipinski definition) is 0. The SMILES string of the molecule is CC(C)(C)c1ccc2c(c1)B1c3cc(C(C)(C)C)ccc3N(c3cc(-c4ccccc4)cc(-c4ccccc4)c3)c3cc(-c4cc(C(C)(C)C)c5c(c4)c4ccccc4n5-c4ccccc4)cc(c31)N2c1cc(-c2ccccc2)cc(-c2ccccc2)c1. The second kappa shape index (κ2) is 20.9. The van der Waals surface area contributed by atoms with E-state index in [0.29, 0.717) is 0 Å². The fourth-order valence-corrected chi connectivity index (χ4v) is 14.0. The van der Waals surface area contributed by atoms with E-state index in [1.165, 1.54) is 128 Å². The molecular weight excluding hydrogens is 1060 g/mol. The molecule has 3 nitrogen and oxygen atoms in total. The molecule has 15 rings (SSSR count). The lowest BCUT2D eigenvalue weighted by Crippen LogP contribution is -2.61. The molecule has 426 valence electrons. The van der Waals surface area contributed by atoms with Gasteiger partial charge in [0.15, 0.2) is 0 Å². The number of aromatic nitrogens is 1. The minimum atomic E-state index is -0.231. The van der Waals surface area contributed by atoms with Crippen molar-refractivity contribution in [2.45, 2.75) is 78.6 Å². The van der Waals surface area contributed by atoms with Crippen molar-refractivity contribution in [3.8, 4) is 61.3 Å². The summed E-state index contributed by atoms with van der Waals surface area (Å²) in [5.41, 5.74) is 29.6. The number of nitrogens with zero attached hydrogens (tertiary/aromatic N) is 3. The highest BCUT2D eigenvalue weighted by Gasteiger charge is 2.45. The lowest BCUT2D eigenvalue weighted by molar-refractivity contribution is 0.590. The molecule has 0 unspecified atom stereocenters. The summed E-state index contributed by atoms with van der Waals surface area (Å²) in [4.78, 5) is 5.27. The molecule has 0 N–H and O–H groups in total. The van der Waals surface area contributed by atoms with E-state index in [9.17, 15) is 0 Å². The Bertz CT molecular complexity index is 4500. The Kier molecular flexibility index (Phi) is 13.0. The first-order valence-electron chi connectivity index (χ1n) is 31.3. The molecule has 12 aromatic carbocycles. The summed E-state index contributed by atoms with van der Waals surface area (Å²) in [5.74, 6) is 0. The summed E-state index contributed by atoms with van der Waals surface area (Å²) in [5, 5.41) is 2.48. The molecule has 3 heterocycles. The highest BCUT2D eigenvalue weighted by molar-refractivity contribution is 7.00. The quantitative estimate of drug-likeness (QED) is 0.141. The van der Waals surface area contributed by atoms with Gasteiger partial charge in [-0.2, -0.15) is 0 Å².